The summed E-state index contributed by atoms with van der Waals surface area (Å²) >= 11 is 0. The molecule has 0 saturated heterocycles. The van der Waals surface area contributed by atoms with Gasteiger partial charge in [-0.25, -0.2) is 4.79 Å². The Morgan fingerprint density at radius 1 is 1.22 bits per heavy atom. The normalized spacial score (nSPS) is 21.5. The van der Waals surface area contributed by atoms with Gasteiger partial charge >= 0.3 is 6.16 Å². The lowest BCUT2D eigenvalue weighted by Gasteiger charge is -2.22. The van der Waals surface area contributed by atoms with Crippen LogP contribution in [0.25, 0.3) is 10.8 Å². The van der Waals surface area contributed by atoms with Crippen LogP contribution >= 0.6 is 0 Å². The van der Waals surface area contributed by atoms with Gasteiger partial charge in [0.25, 0.3) is 0 Å². The third kappa shape index (κ3) is 2.01. The minimum atomic E-state index is -0.705. The van der Waals surface area contributed by atoms with Gasteiger partial charge in [-0.05, 0) is 49.1 Å². The van der Waals surface area contributed by atoms with Gasteiger partial charge in [0, 0.05) is 21.9 Å². The van der Waals surface area contributed by atoms with Crippen molar-refractivity contribution in [3.8, 4) is 11.5 Å². The fraction of sp³-hybridized carbons (Fsp3) is 0.421. The second kappa shape index (κ2) is 5.15. The number of phenolic OH excluding ortho intramolecular Hbond substituents is 1. The molecule has 4 rings (SSSR count). The molecule has 2 unspecified atom stereocenters. The van der Waals surface area contributed by atoms with Crippen molar-refractivity contribution in [2.45, 2.75) is 44.4 Å². The molecule has 0 aromatic heterocycles. The number of ether oxygens (including phenoxy) is 2. The van der Waals surface area contributed by atoms with Crippen LogP contribution in [0.1, 0.15) is 54.7 Å². The summed E-state index contributed by atoms with van der Waals surface area (Å²) in [4.78, 5) is 11.8. The maximum atomic E-state index is 11.8. The summed E-state index contributed by atoms with van der Waals surface area (Å²) < 4.78 is 10.3. The Labute approximate surface area is 135 Å². The summed E-state index contributed by atoms with van der Waals surface area (Å²) in [5.74, 6) is 1.70. The average Bonchev–Trinajstić information content (AvgIpc) is 3.19. The van der Waals surface area contributed by atoms with Crippen molar-refractivity contribution >= 4 is 16.9 Å². The molecule has 2 bridgehead atoms. The first-order valence-corrected chi connectivity index (χ1v) is 8.21. The van der Waals surface area contributed by atoms with Crippen molar-refractivity contribution in [1.82, 2.24) is 0 Å². The SMILES string of the molecule is CCc1ccc2c(O)c3c(c(OC(=O)OC)c2c1)C1CCC3C1. The Balaban J connectivity index is 2.04. The van der Waals surface area contributed by atoms with Crippen molar-refractivity contribution in [3.05, 3.63) is 34.9 Å². The lowest BCUT2D eigenvalue weighted by molar-refractivity contribution is 0.121. The average molecular weight is 312 g/mol. The van der Waals surface area contributed by atoms with E-state index in [2.05, 4.69) is 6.92 Å². The molecule has 1 fully saturated rings. The molecule has 0 radical (unpaired) electrons. The van der Waals surface area contributed by atoms with Crippen LogP contribution in [0.5, 0.6) is 11.5 Å². The number of carbonyl (C=O) groups excluding carboxylic acids is 1. The second-order valence-electron chi connectivity index (χ2n) is 6.50. The lowest BCUT2D eigenvalue weighted by atomic mass is 9.87. The maximum Gasteiger partial charge on any atom is 0.513 e. The number of methoxy groups -OCH3 is 1. The molecular formula is C19H20O4. The van der Waals surface area contributed by atoms with Gasteiger partial charge in [-0.3, -0.25) is 0 Å². The quantitative estimate of drug-likeness (QED) is 0.649. The van der Waals surface area contributed by atoms with Gasteiger partial charge in [-0.1, -0.05) is 19.1 Å². The highest BCUT2D eigenvalue weighted by molar-refractivity contribution is 5.98. The number of phenols is 1. The standard InChI is InChI=1S/C19H20O4/c1-3-10-4-7-13-14(8-10)18(23-19(21)22-2)16-12-6-5-11(9-12)15(16)17(13)20/h4,7-8,11-12,20H,3,5-6,9H2,1-2H3. The molecule has 2 aromatic rings. The molecule has 0 aliphatic heterocycles. The van der Waals surface area contributed by atoms with Crippen LogP contribution in [-0.2, 0) is 11.2 Å². The fourth-order valence-electron chi connectivity index (χ4n) is 4.31. The summed E-state index contributed by atoms with van der Waals surface area (Å²) in [6, 6.07) is 5.96. The van der Waals surface area contributed by atoms with Crippen molar-refractivity contribution in [3.63, 3.8) is 0 Å². The number of aryl methyl sites for hydroxylation is 1. The molecule has 2 atom stereocenters. The number of fused-ring (bicyclic) bond motifs is 6. The highest BCUT2D eigenvalue weighted by Crippen LogP contribution is 2.60. The Kier molecular flexibility index (Phi) is 3.22. The largest absolute Gasteiger partial charge is 0.513 e. The number of rotatable bonds is 2. The van der Waals surface area contributed by atoms with E-state index in [9.17, 15) is 9.90 Å². The van der Waals surface area contributed by atoms with E-state index < -0.39 is 6.16 Å². The smallest absolute Gasteiger partial charge is 0.507 e. The highest BCUT2D eigenvalue weighted by Gasteiger charge is 2.42. The molecule has 0 heterocycles. The van der Waals surface area contributed by atoms with Gasteiger partial charge < -0.3 is 14.6 Å². The molecule has 1 N–H and O–H groups in total. The zero-order valence-corrected chi connectivity index (χ0v) is 13.4. The predicted molar refractivity (Wildman–Crippen MR) is 87.4 cm³/mol. The van der Waals surface area contributed by atoms with Crippen LogP contribution in [0.15, 0.2) is 18.2 Å². The van der Waals surface area contributed by atoms with Gasteiger partial charge in [-0.15, -0.1) is 0 Å². The summed E-state index contributed by atoms with van der Waals surface area (Å²) in [5, 5.41) is 12.4. The third-order valence-electron chi connectivity index (χ3n) is 5.38. The Bertz CT molecular complexity index is 809. The second-order valence-corrected chi connectivity index (χ2v) is 6.50. The van der Waals surface area contributed by atoms with Gasteiger partial charge in [0.1, 0.15) is 11.5 Å². The number of carbonyl (C=O) groups is 1. The van der Waals surface area contributed by atoms with Crippen LogP contribution in [0, 0.1) is 0 Å². The molecular weight excluding hydrogens is 292 g/mol. The van der Waals surface area contributed by atoms with E-state index in [-0.39, 0.29) is 0 Å². The molecule has 120 valence electrons. The Morgan fingerprint density at radius 2 is 1.96 bits per heavy atom. The topological polar surface area (TPSA) is 55.8 Å². The first-order chi connectivity index (χ1) is 11.1. The third-order valence-corrected chi connectivity index (χ3v) is 5.38. The lowest BCUT2D eigenvalue weighted by Crippen LogP contribution is -2.11. The minimum absolute atomic E-state index is 0.363. The van der Waals surface area contributed by atoms with Crippen LogP contribution in [-0.4, -0.2) is 18.4 Å². The van der Waals surface area contributed by atoms with E-state index >= 15 is 0 Å². The molecule has 2 aliphatic rings. The minimum Gasteiger partial charge on any atom is -0.507 e. The van der Waals surface area contributed by atoms with E-state index in [0.29, 0.717) is 23.3 Å². The molecule has 2 aromatic carbocycles. The Morgan fingerprint density at radius 3 is 2.65 bits per heavy atom. The molecule has 0 amide bonds. The van der Waals surface area contributed by atoms with Crippen LogP contribution in [0.2, 0.25) is 0 Å². The van der Waals surface area contributed by atoms with Crippen molar-refractivity contribution in [2.24, 2.45) is 0 Å². The summed E-state index contributed by atoms with van der Waals surface area (Å²) in [6.07, 6.45) is 3.41. The summed E-state index contributed by atoms with van der Waals surface area (Å²) in [5.41, 5.74) is 3.15. The molecule has 1 saturated carbocycles. The van der Waals surface area contributed by atoms with Crippen LogP contribution < -0.4 is 4.74 Å². The first-order valence-electron chi connectivity index (χ1n) is 8.21. The highest BCUT2D eigenvalue weighted by atomic mass is 16.7. The molecule has 2 aliphatic carbocycles. The number of hydrogen-bond acceptors (Lipinski definition) is 4. The van der Waals surface area contributed by atoms with E-state index in [0.717, 1.165) is 53.1 Å². The van der Waals surface area contributed by atoms with Gasteiger partial charge in [0.2, 0.25) is 0 Å². The first kappa shape index (κ1) is 14.4. The summed E-state index contributed by atoms with van der Waals surface area (Å²) in [7, 11) is 1.31. The van der Waals surface area contributed by atoms with Crippen molar-refractivity contribution < 1.29 is 19.4 Å². The fourth-order valence-corrected chi connectivity index (χ4v) is 4.31. The van der Waals surface area contributed by atoms with Gasteiger partial charge in [0.05, 0.1) is 7.11 Å². The zero-order valence-electron chi connectivity index (χ0n) is 13.4. The monoisotopic (exact) mass is 312 g/mol. The summed E-state index contributed by atoms with van der Waals surface area (Å²) in [6.45, 7) is 2.08. The van der Waals surface area contributed by atoms with E-state index in [1.165, 1.54) is 7.11 Å². The van der Waals surface area contributed by atoms with Crippen LogP contribution in [0.3, 0.4) is 0 Å². The van der Waals surface area contributed by atoms with Gasteiger partial charge in [0.15, 0.2) is 0 Å². The molecule has 23 heavy (non-hydrogen) atoms. The van der Waals surface area contributed by atoms with Crippen LogP contribution in [0.4, 0.5) is 4.79 Å². The maximum absolute atomic E-state index is 11.8. The van der Waals surface area contributed by atoms with Crippen molar-refractivity contribution in [1.29, 1.82) is 0 Å². The van der Waals surface area contributed by atoms with E-state index in [1.54, 1.807) is 0 Å². The number of hydrogen-bond donors (Lipinski definition) is 1. The number of benzene rings is 2. The number of aromatic hydroxyl groups is 1. The zero-order chi connectivity index (χ0) is 16.1. The predicted octanol–water partition coefficient (Wildman–Crippen LogP) is 4.62. The van der Waals surface area contributed by atoms with Crippen molar-refractivity contribution in [2.75, 3.05) is 7.11 Å². The Hall–Kier alpha value is -2.23. The molecule has 4 nitrogen and oxygen atoms in total. The van der Waals surface area contributed by atoms with E-state index in [4.69, 9.17) is 9.47 Å². The van der Waals surface area contributed by atoms with Gasteiger partial charge in [-0.2, -0.15) is 0 Å². The van der Waals surface area contributed by atoms with E-state index in [1.807, 2.05) is 18.2 Å². The molecule has 0 spiro atoms. The molecule has 4 heteroatoms.